The first-order valence-electron chi connectivity index (χ1n) is 6.05. The van der Waals surface area contributed by atoms with Gasteiger partial charge in [0, 0.05) is 26.8 Å². The van der Waals surface area contributed by atoms with E-state index in [1.165, 1.54) is 10.5 Å². The highest BCUT2D eigenvalue weighted by Gasteiger charge is 2.36. The molecule has 1 N–H and O–H groups in total. The summed E-state index contributed by atoms with van der Waals surface area (Å²) in [6.45, 7) is 2.74. The highest BCUT2D eigenvalue weighted by Crippen LogP contribution is 2.38. The van der Waals surface area contributed by atoms with Gasteiger partial charge in [-0.25, -0.2) is 17.7 Å². The van der Waals surface area contributed by atoms with Crippen molar-refractivity contribution in [1.82, 2.24) is 9.29 Å². The first kappa shape index (κ1) is 13.3. The van der Waals surface area contributed by atoms with Gasteiger partial charge < -0.3 is 5.32 Å². The maximum Gasteiger partial charge on any atom is 0.244 e. The zero-order valence-electron chi connectivity index (χ0n) is 10.9. The second-order valence-electron chi connectivity index (χ2n) is 4.89. The molecular formula is C12H19N3O2S. The van der Waals surface area contributed by atoms with Gasteiger partial charge in [0.05, 0.1) is 0 Å². The number of aromatic nitrogens is 1. The van der Waals surface area contributed by atoms with E-state index in [4.69, 9.17) is 0 Å². The van der Waals surface area contributed by atoms with Crippen LogP contribution in [0.3, 0.4) is 0 Å². The van der Waals surface area contributed by atoms with Gasteiger partial charge in [-0.05, 0) is 30.4 Å². The minimum Gasteiger partial charge on any atom is -0.373 e. The van der Waals surface area contributed by atoms with Crippen molar-refractivity contribution in [3.8, 4) is 0 Å². The number of anilines is 1. The average Bonchev–Trinajstić information content (AvgIpc) is 3.05. The summed E-state index contributed by atoms with van der Waals surface area (Å²) in [5, 5.41) is 2.86. The Morgan fingerprint density at radius 1 is 1.50 bits per heavy atom. The summed E-state index contributed by atoms with van der Waals surface area (Å²) in [5.41, 5.74) is 0. The quantitative estimate of drug-likeness (QED) is 0.877. The Morgan fingerprint density at radius 2 is 2.17 bits per heavy atom. The molecule has 0 aromatic carbocycles. The predicted molar refractivity (Wildman–Crippen MR) is 70.9 cm³/mol. The van der Waals surface area contributed by atoms with Crippen LogP contribution in [0, 0.1) is 11.8 Å². The summed E-state index contributed by atoms with van der Waals surface area (Å²) < 4.78 is 26.0. The lowest BCUT2D eigenvalue weighted by Crippen LogP contribution is -2.29. The summed E-state index contributed by atoms with van der Waals surface area (Å²) >= 11 is 0. The van der Waals surface area contributed by atoms with Crippen LogP contribution in [0.2, 0.25) is 0 Å². The molecule has 0 saturated heterocycles. The van der Waals surface area contributed by atoms with Gasteiger partial charge in [0.2, 0.25) is 10.0 Å². The third-order valence-corrected chi connectivity index (χ3v) is 5.28. The molecule has 100 valence electrons. The second kappa shape index (κ2) is 4.85. The normalized spacial score (nSPS) is 23.1. The Hall–Kier alpha value is -1.14. The molecule has 1 aliphatic carbocycles. The van der Waals surface area contributed by atoms with Crippen LogP contribution in [0.5, 0.6) is 0 Å². The summed E-state index contributed by atoms with van der Waals surface area (Å²) in [4.78, 5) is 4.29. The highest BCUT2D eigenvalue weighted by atomic mass is 32.2. The van der Waals surface area contributed by atoms with Crippen LogP contribution >= 0.6 is 0 Å². The second-order valence-corrected chi connectivity index (χ2v) is 6.93. The molecule has 0 bridgehead atoms. The van der Waals surface area contributed by atoms with Crippen LogP contribution in [0.4, 0.5) is 5.82 Å². The molecule has 1 aliphatic rings. The molecule has 1 fully saturated rings. The van der Waals surface area contributed by atoms with Gasteiger partial charge in [-0.3, -0.25) is 0 Å². The Balaban J connectivity index is 2.13. The molecule has 2 atom stereocenters. The fourth-order valence-corrected chi connectivity index (χ4v) is 3.12. The minimum absolute atomic E-state index is 0.248. The lowest BCUT2D eigenvalue weighted by Gasteiger charge is -2.17. The maximum atomic E-state index is 12.3. The van der Waals surface area contributed by atoms with Gasteiger partial charge in [-0.15, -0.1) is 0 Å². The Kier molecular flexibility index (Phi) is 3.59. The molecule has 0 radical (unpaired) electrons. The molecule has 0 amide bonds. The molecule has 6 heteroatoms. The third-order valence-electron chi connectivity index (χ3n) is 3.47. The number of hydrogen-bond donors (Lipinski definition) is 1. The number of hydrogen-bond acceptors (Lipinski definition) is 4. The van der Waals surface area contributed by atoms with E-state index in [2.05, 4.69) is 17.2 Å². The van der Waals surface area contributed by atoms with Gasteiger partial charge in [-0.2, -0.15) is 0 Å². The van der Waals surface area contributed by atoms with Crippen molar-refractivity contribution in [2.45, 2.75) is 18.2 Å². The number of nitrogens with zero attached hydrogens (tertiary/aromatic N) is 2. The summed E-state index contributed by atoms with van der Waals surface area (Å²) in [6, 6.07) is 3.25. The van der Waals surface area contributed by atoms with Crippen molar-refractivity contribution in [3.63, 3.8) is 0 Å². The van der Waals surface area contributed by atoms with Crippen LogP contribution in [0.1, 0.15) is 13.3 Å². The first-order chi connectivity index (χ1) is 8.45. The SMILES string of the molecule is CNc1ccc(S(=O)(=O)N(C)CC2CC2C)cn1. The van der Waals surface area contributed by atoms with Crippen molar-refractivity contribution < 1.29 is 8.42 Å². The number of nitrogens with one attached hydrogen (secondary N) is 1. The molecule has 1 heterocycles. The van der Waals surface area contributed by atoms with E-state index in [1.807, 2.05) is 0 Å². The van der Waals surface area contributed by atoms with Gasteiger partial charge in [0.25, 0.3) is 0 Å². The Morgan fingerprint density at radius 3 is 2.61 bits per heavy atom. The van der Waals surface area contributed by atoms with Crippen LogP contribution in [-0.4, -0.2) is 38.3 Å². The van der Waals surface area contributed by atoms with E-state index in [0.29, 0.717) is 24.2 Å². The highest BCUT2D eigenvalue weighted by molar-refractivity contribution is 7.89. The molecule has 5 nitrogen and oxygen atoms in total. The number of pyridine rings is 1. The molecule has 1 aromatic heterocycles. The van der Waals surface area contributed by atoms with Crippen molar-refractivity contribution in [1.29, 1.82) is 0 Å². The van der Waals surface area contributed by atoms with Crippen molar-refractivity contribution in [2.24, 2.45) is 11.8 Å². The standard InChI is InChI=1S/C12H19N3O2S/c1-9-6-10(9)8-15(3)18(16,17)11-4-5-12(13-2)14-7-11/h4-5,7,9-10H,6,8H2,1-3H3,(H,13,14). The van der Waals surface area contributed by atoms with Crippen LogP contribution < -0.4 is 5.32 Å². The van der Waals surface area contributed by atoms with Crippen molar-refractivity contribution in [3.05, 3.63) is 18.3 Å². The predicted octanol–water partition coefficient (Wildman–Crippen LogP) is 1.40. The molecule has 0 aliphatic heterocycles. The molecule has 1 saturated carbocycles. The van der Waals surface area contributed by atoms with E-state index in [1.54, 1.807) is 26.2 Å². The van der Waals surface area contributed by atoms with Gasteiger partial charge in [-0.1, -0.05) is 6.92 Å². The molecule has 2 unspecified atom stereocenters. The van der Waals surface area contributed by atoms with E-state index >= 15 is 0 Å². The largest absolute Gasteiger partial charge is 0.373 e. The number of sulfonamides is 1. The molecular weight excluding hydrogens is 250 g/mol. The average molecular weight is 269 g/mol. The Bertz CT molecular complexity index is 513. The molecule has 0 spiro atoms. The zero-order valence-corrected chi connectivity index (χ0v) is 11.7. The smallest absolute Gasteiger partial charge is 0.244 e. The van der Waals surface area contributed by atoms with Crippen molar-refractivity contribution >= 4 is 15.8 Å². The zero-order chi connectivity index (χ0) is 13.3. The Labute approximate surface area is 108 Å². The van der Waals surface area contributed by atoms with Crippen LogP contribution in [0.15, 0.2) is 23.2 Å². The lowest BCUT2D eigenvalue weighted by atomic mass is 10.3. The van der Waals surface area contributed by atoms with E-state index in [0.717, 1.165) is 6.42 Å². The summed E-state index contributed by atoms with van der Waals surface area (Å²) in [6.07, 6.45) is 2.52. The maximum absolute atomic E-state index is 12.3. The molecule has 18 heavy (non-hydrogen) atoms. The van der Waals surface area contributed by atoms with Gasteiger partial charge in [0.15, 0.2) is 0 Å². The monoisotopic (exact) mass is 269 g/mol. The lowest BCUT2D eigenvalue weighted by molar-refractivity contribution is 0.444. The van der Waals surface area contributed by atoms with Crippen LogP contribution in [-0.2, 0) is 10.0 Å². The van der Waals surface area contributed by atoms with E-state index < -0.39 is 10.0 Å². The fraction of sp³-hybridized carbons (Fsp3) is 0.583. The van der Waals surface area contributed by atoms with E-state index in [-0.39, 0.29) is 4.90 Å². The third kappa shape index (κ3) is 2.64. The van der Waals surface area contributed by atoms with E-state index in [9.17, 15) is 8.42 Å². The first-order valence-corrected chi connectivity index (χ1v) is 7.49. The van der Waals surface area contributed by atoms with Gasteiger partial charge >= 0.3 is 0 Å². The van der Waals surface area contributed by atoms with Crippen molar-refractivity contribution in [2.75, 3.05) is 26.0 Å². The fourth-order valence-electron chi connectivity index (χ4n) is 1.94. The summed E-state index contributed by atoms with van der Waals surface area (Å²) in [7, 11) is -0.0210. The molecule has 2 rings (SSSR count). The number of rotatable bonds is 5. The minimum atomic E-state index is -3.40. The topological polar surface area (TPSA) is 62.3 Å². The van der Waals surface area contributed by atoms with Crippen LogP contribution in [0.25, 0.3) is 0 Å². The molecule has 1 aromatic rings. The summed E-state index contributed by atoms with van der Waals surface area (Å²) in [5.74, 6) is 1.81. The van der Waals surface area contributed by atoms with Gasteiger partial charge in [0.1, 0.15) is 10.7 Å².